The van der Waals surface area contributed by atoms with Crippen LogP contribution in [-0.2, 0) is 19.9 Å². The van der Waals surface area contributed by atoms with E-state index in [1.807, 2.05) is 11.7 Å². The number of nitrogens with one attached hydrogen (secondary N) is 1. The molecule has 0 bridgehead atoms. The standard InChI is InChI=1S/C15H25ClN4/c1-3-11-15(16)13(20(2)19-11)8-12(18-17)14(9-4-5-9)10-6-7-10/h9-10,12,14,18H,3-8,17H2,1-2H3. The van der Waals surface area contributed by atoms with Crippen molar-refractivity contribution in [3.63, 3.8) is 0 Å². The molecule has 1 aromatic heterocycles. The molecule has 0 aromatic carbocycles. The van der Waals surface area contributed by atoms with Gasteiger partial charge in [-0.05, 0) is 49.9 Å². The molecule has 3 rings (SSSR count). The zero-order valence-corrected chi connectivity index (χ0v) is 13.2. The zero-order valence-electron chi connectivity index (χ0n) is 12.4. The van der Waals surface area contributed by atoms with Gasteiger partial charge >= 0.3 is 0 Å². The Morgan fingerprint density at radius 1 is 1.35 bits per heavy atom. The van der Waals surface area contributed by atoms with E-state index < -0.39 is 0 Å². The Balaban J connectivity index is 1.78. The summed E-state index contributed by atoms with van der Waals surface area (Å²) in [4.78, 5) is 0. The predicted octanol–water partition coefficient (Wildman–Crippen LogP) is 2.45. The molecule has 5 heteroatoms. The lowest BCUT2D eigenvalue weighted by atomic mass is 9.87. The maximum Gasteiger partial charge on any atom is 0.0850 e. The predicted molar refractivity (Wildman–Crippen MR) is 81.3 cm³/mol. The van der Waals surface area contributed by atoms with Gasteiger partial charge in [0.15, 0.2) is 0 Å². The lowest BCUT2D eigenvalue weighted by Gasteiger charge is -2.27. The van der Waals surface area contributed by atoms with Gasteiger partial charge < -0.3 is 0 Å². The van der Waals surface area contributed by atoms with Crippen LogP contribution in [0, 0.1) is 17.8 Å². The summed E-state index contributed by atoms with van der Waals surface area (Å²) in [5, 5.41) is 5.35. The molecule has 2 aliphatic carbocycles. The molecule has 1 atom stereocenters. The second-order valence-corrected chi connectivity index (χ2v) is 6.79. The molecular weight excluding hydrogens is 272 g/mol. The fourth-order valence-electron chi connectivity index (χ4n) is 3.56. The van der Waals surface area contributed by atoms with Crippen molar-refractivity contribution in [1.82, 2.24) is 15.2 Å². The Morgan fingerprint density at radius 3 is 2.35 bits per heavy atom. The van der Waals surface area contributed by atoms with Gasteiger partial charge in [-0.25, -0.2) is 0 Å². The first-order valence-electron chi connectivity index (χ1n) is 7.82. The third-order valence-corrected chi connectivity index (χ3v) is 5.36. The summed E-state index contributed by atoms with van der Waals surface area (Å²) in [5.41, 5.74) is 5.19. The monoisotopic (exact) mass is 296 g/mol. The van der Waals surface area contributed by atoms with Crippen LogP contribution in [0.5, 0.6) is 0 Å². The molecule has 1 heterocycles. The van der Waals surface area contributed by atoms with E-state index in [4.69, 9.17) is 17.4 Å². The highest BCUT2D eigenvalue weighted by atomic mass is 35.5. The molecule has 2 aliphatic rings. The van der Waals surface area contributed by atoms with E-state index in [-0.39, 0.29) is 0 Å². The molecular formula is C15H25ClN4. The fourth-order valence-corrected chi connectivity index (χ4v) is 3.93. The van der Waals surface area contributed by atoms with Crippen molar-refractivity contribution >= 4 is 11.6 Å². The van der Waals surface area contributed by atoms with E-state index in [0.29, 0.717) is 6.04 Å². The third-order valence-electron chi connectivity index (χ3n) is 4.93. The molecule has 4 nitrogen and oxygen atoms in total. The Bertz CT molecular complexity index is 464. The Kier molecular flexibility index (Phi) is 4.07. The number of aryl methyl sites for hydroxylation is 2. The van der Waals surface area contributed by atoms with Crippen LogP contribution in [0.15, 0.2) is 0 Å². The third kappa shape index (κ3) is 2.74. The molecule has 112 valence electrons. The summed E-state index contributed by atoms with van der Waals surface area (Å²) in [6, 6.07) is 0.326. The molecule has 0 saturated heterocycles. The number of nitrogens with zero attached hydrogens (tertiary/aromatic N) is 2. The number of rotatable bonds is 7. The van der Waals surface area contributed by atoms with Gasteiger partial charge in [-0.2, -0.15) is 5.10 Å². The Hall–Kier alpha value is -0.580. The Labute approximate surface area is 126 Å². The molecule has 3 N–H and O–H groups in total. The zero-order chi connectivity index (χ0) is 14.3. The van der Waals surface area contributed by atoms with Crippen LogP contribution in [0.25, 0.3) is 0 Å². The lowest BCUT2D eigenvalue weighted by molar-refractivity contribution is 0.280. The van der Waals surface area contributed by atoms with E-state index in [0.717, 1.165) is 47.0 Å². The second-order valence-electron chi connectivity index (χ2n) is 6.41. The summed E-state index contributed by atoms with van der Waals surface area (Å²) in [6.45, 7) is 2.09. The molecule has 0 aliphatic heterocycles. The van der Waals surface area contributed by atoms with Crippen molar-refractivity contribution in [2.75, 3.05) is 0 Å². The highest BCUT2D eigenvalue weighted by molar-refractivity contribution is 6.31. The summed E-state index contributed by atoms with van der Waals surface area (Å²) in [7, 11) is 1.98. The van der Waals surface area contributed by atoms with Gasteiger partial charge in [-0.1, -0.05) is 18.5 Å². The summed E-state index contributed by atoms with van der Waals surface area (Å²) >= 11 is 6.47. The van der Waals surface area contributed by atoms with Crippen LogP contribution < -0.4 is 11.3 Å². The minimum absolute atomic E-state index is 0.326. The van der Waals surface area contributed by atoms with Gasteiger partial charge in [0.25, 0.3) is 0 Å². The van der Waals surface area contributed by atoms with Crippen molar-refractivity contribution in [3.05, 3.63) is 16.4 Å². The van der Waals surface area contributed by atoms with Crippen LogP contribution in [0.2, 0.25) is 5.02 Å². The number of halogens is 1. The van der Waals surface area contributed by atoms with E-state index in [2.05, 4.69) is 17.4 Å². The quantitative estimate of drug-likeness (QED) is 0.600. The normalized spacial score (nSPS) is 20.6. The van der Waals surface area contributed by atoms with Crippen LogP contribution >= 0.6 is 11.6 Å². The van der Waals surface area contributed by atoms with Crippen molar-refractivity contribution in [1.29, 1.82) is 0 Å². The molecule has 0 amide bonds. The van der Waals surface area contributed by atoms with Crippen LogP contribution in [0.1, 0.15) is 44.0 Å². The summed E-state index contributed by atoms with van der Waals surface area (Å²) < 4.78 is 1.93. The van der Waals surface area contributed by atoms with Crippen LogP contribution in [-0.4, -0.2) is 15.8 Å². The largest absolute Gasteiger partial charge is 0.271 e. The highest BCUT2D eigenvalue weighted by Gasteiger charge is 2.45. The molecule has 0 radical (unpaired) electrons. The van der Waals surface area contributed by atoms with Gasteiger partial charge in [0.05, 0.1) is 16.4 Å². The van der Waals surface area contributed by atoms with E-state index in [9.17, 15) is 0 Å². The maximum atomic E-state index is 6.47. The molecule has 0 spiro atoms. The van der Waals surface area contributed by atoms with E-state index in [1.54, 1.807) is 0 Å². The van der Waals surface area contributed by atoms with Crippen LogP contribution in [0.3, 0.4) is 0 Å². The Morgan fingerprint density at radius 2 is 1.95 bits per heavy atom. The average molecular weight is 297 g/mol. The second kappa shape index (κ2) is 5.66. The molecule has 2 saturated carbocycles. The molecule has 20 heavy (non-hydrogen) atoms. The molecule has 1 unspecified atom stereocenters. The smallest absolute Gasteiger partial charge is 0.0850 e. The van der Waals surface area contributed by atoms with Gasteiger partial charge in [0.2, 0.25) is 0 Å². The van der Waals surface area contributed by atoms with Gasteiger partial charge in [-0.3, -0.25) is 16.0 Å². The van der Waals surface area contributed by atoms with E-state index in [1.165, 1.54) is 25.7 Å². The maximum absolute atomic E-state index is 6.47. The first-order chi connectivity index (χ1) is 9.65. The van der Waals surface area contributed by atoms with Gasteiger partial charge in [0.1, 0.15) is 0 Å². The number of hydrogen-bond donors (Lipinski definition) is 2. The number of hydrogen-bond acceptors (Lipinski definition) is 3. The number of aromatic nitrogens is 2. The topological polar surface area (TPSA) is 55.9 Å². The first kappa shape index (κ1) is 14.4. The van der Waals surface area contributed by atoms with Gasteiger partial charge in [-0.15, -0.1) is 0 Å². The summed E-state index contributed by atoms with van der Waals surface area (Å²) in [6.07, 6.45) is 7.26. The van der Waals surface area contributed by atoms with E-state index >= 15 is 0 Å². The van der Waals surface area contributed by atoms with Gasteiger partial charge in [0, 0.05) is 19.5 Å². The van der Waals surface area contributed by atoms with Crippen LogP contribution in [0.4, 0.5) is 0 Å². The van der Waals surface area contributed by atoms with Crippen molar-refractivity contribution in [2.24, 2.45) is 30.6 Å². The fraction of sp³-hybridized carbons (Fsp3) is 0.800. The first-order valence-corrected chi connectivity index (χ1v) is 8.19. The van der Waals surface area contributed by atoms with Crippen molar-refractivity contribution < 1.29 is 0 Å². The highest BCUT2D eigenvalue weighted by Crippen LogP contribution is 2.51. The number of hydrazine groups is 1. The SMILES string of the molecule is CCc1nn(C)c(CC(NN)C(C2CC2)C2CC2)c1Cl. The number of nitrogens with two attached hydrogens (primary N) is 1. The van der Waals surface area contributed by atoms with Crippen molar-refractivity contribution in [2.45, 2.75) is 51.5 Å². The average Bonchev–Trinajstić information content (AvgIpc) is 3.33. The minimum Gasteiger partial charge on any atom is -0.271 e. The summed E-state index contributed by atoms with van der Waals surface area (Å²) in [5.74, 6) is 8.34. The molecule has 1 aromatic rings. The van der Waals surface area contributed by atoms with Crippen molar-refractivity contribution in [3.8, 4) is 0 Å². The minimum atomic E-state index is 0.326. The lowest BCUT2D eigenvalue weighted by Crippen LogP contribution is -2.44. The molecule has 2 fully saturated rings.